The van der Waals surface area contributed by atoms with E-state index in [0.717, 1.165) is 37.8 Å². The van der Waals surface area contributed by atoms with Gasteiger partial charge in [-0.2, -0.15) is 0 Å². The molecule has 0 bridgehead atoms. The molecule has 144 valence electrons. The van der Waals surface area contributed by atoms with Crippen LogP contribution in [0.3, 0.4) is 0 Å². The minimum absolute atomic E-state index is 0. The van der Waals surface area contributed by atoms with Crippen LogP contribution in [-0.2, 0) is 10.0 Å². The molecule has 1 heterocycles. The van der Waals surface area contributed by atoms with Gasteiger partial charge < -0.3 is 10.6 Å². The summed E-state index contributed by atoms with van der Waals surface area (Å²) in [7, 11) is -3.56. The fourth-order valence-corrected chi connectivity index (χ4v) is 5.46. The Morgan fingerprint density at radius 2 is 1.92 bits per heavy atom. The number of likely N-dealkylation sites (tertiary alicyclic amines) is 1. The van der Waals surface area contributed by atoms with Crippen molar-refractivity contribution in [2.75, 3.05) is 13.1 Å². The zero-order chi connectivity index (χ0) is 17.8. The first kappa shape index (κ1) is 19.6. The maximum absolute atomic E-state index is 13.0. The number of benzene rings is 1. The normalized spacial score (nSPS) is 27.9. The molecule has 26 heavy (non-hydrogen) atoms. The van der Waals surface area contributed by atoms with Gasteiger partial charge >= 0.3 is 0 Å². The molecule has 8 heteroatoms. The molecule has 3 unspecified atom stereocenters. The number of nitrogens with one attached hydrogen (secondary N) is 1. The summed E-state index contributed by atoms with van der Waals surface area (Å²) >= 11 is 0. The Bertz CT molecular complexity index is 810. The molecular weight excluding hydrogens is 374 g/mol. The first-order chi connectivity index (χ1) is 11.8. The average molecular weight is 400 g/mol. The van der Waals surface area contributed by atoms with Gasteiger partial charge in [0.15, 0.2) is 0 Å². The third-order valence-corrected chi connectivity index (χ3v) is 7.37. The molecular formula is C18H26ClN3O3S. The van der Waals surface area contributed by atoms with Crippen molar-refractivity contribution in [3.05, 3.63) is 29.3 Å². The highest BCUT2D eigenvalue weighted by Gasteiger charge is 2.42. The predicted octanol–water partition coefficient (Wildman–Crippen LogP) is 1.67. The van der Waals surface area contributed by atoms with E-state index in [1.165, 1.54) is 6.07 Å². The van der Waals surface area contributed by atoms with Crippen LogP contribution in [-0.4, -0.2) is 44.4 Å². The van der Waals surface area contributed by atoms with Gasteiger partial charge in [-0.15, -0.1) is 12.4 Å². The molecule has 1 aliphatic heterocycles. The Morgan fingerprint density at radius 3 is 2.58 bits per heavy atom. The molecule has 2 saturated carbocycles. The molecule has 0 radical (unpaired) electrons. The number of amides is 1. The number of fused-ring (bicyclic) bond motifs is 1. The zero-order valence-electron chi connectivity index (χ0n) is 14.8. The molecule has 1 saturated heterocycles. The number of halogens is 1. The quantitative estimate of drug-likeness (QED) is 0.805. The number of sulfonamides is 1. The van der Waals surface area contributed by atoms with Crippen molar-refractivity contribution in [1.82, 2.24) is 9.62 Å². The van der Waals surface area contributed by atoms with Crippen LogP contribution in [0.2, 0.25) is 0 Å². The van der Waals surface area contributed by atoms with E-state index in [0.29, 0.717) is 23.9 Å². The third-order valence-electron chi connectivity index (χ3n) is 5.85. The van der Waals surface area contributed by atoms with Crippen LogP contribution in [0.5, 0.6) is 0 Å². The first-order valence-corrected chi connectivity index (χ1v) is 10.5. The first-order valence-electron chi connectivity index (χ1n) is 9.03. The molecule has 1 aromatic rings. The van der Waals surface area contributed by atoms with Gasteiger partial charge in [-0.05, 0) is 62.1 Å². The second kappa shape index (κ2) is 7.11. The van der Waals surface area contributed by atoms with Crippen molar-refractivity contribution in [2.45, 2.75) is 49.6 Å². The SMILES string of the molecule is Cc1ccc(S(=O)(=O)NC2CC2)cc1C(=O)N1CC2CCC(N)C2C1.Cl. The number of nitrogens with two attached hydrogens (primary N) is 1. The lowest BCUT2D eigenvalue weighted by Crippen LogP contribution is -2.34. The Labute approximate surface area is 161 Å². The van der Waals surface area contributed by atoms with E-state index in [1.807, 2.05) is 11.8 Å². The molecule has 0 spiro atoms. The van der Waals surface area contributed by atoms with Crippen molar-refractivity contribution < 1.29 is 13.2 Å². The average Bonchev–Trinajstić information content (AvgIpc) is 3.15. The lowest BCUT2D eigenvalue weighted by atomic mass is 9.98. The Hall–Kier alpha value is -1.15. The van der Waals surface area contributed by atoms with E-state index in [2.05, 4.69) is 4.72 Å². The van der Waals surface area contributed by atoms with E-state index in [1.54, 1.807) is 12.1 Å². The van der Waals surface area contributed by atoms with E-state index >= 15 is 0 Å². The van der Waals surface area contributed by atoms with Crippen molar-refractivity contribution in [1.29, 1.82) is 0 Å². The highest BCUT2D eigenvalue weighted by molar-refractivity contribution is 7.89. The number of carbonyl (C=O) groups excluding carboxylic acids is 1. The number of aryl methyl sites for hydroxylation is 1. The fraction of sp³-hybridized carbons (Fsp3) is 0.611. The van der Waals surface area contributed by atoms with Gasteiger partial charge in [0, 0.05) is 30.7 Å². The second-order valence-corrected chi connectivity index (χ2v) is 9.46. The Kier molecular flexibility index (Phi) is 5.36. The Morgan fingerprint density at radius 1 is 1.19 bits per heavy atom. The highest BCUT2D eigenvalue weighted by Crippen LogP contribution is 2.37. The van der Waals surface area contributed by atoms with Gasteiger partial charge in [0.25, 0.3) is 5.91 Å². The van der Waals surface area contributed by atoms with Crippen LogP contribution in [0.15, 0.2) is 23.1 Å². The summed E-state index contributed by atoms with van der Waals surface area (Å²) in [5.41, 5.74) is 7.44. The molecule has 3 atom stereocenters. The highest BCUT2D eigenvalue weighted by atomic mass is 35.5. The third kappa shape index (κ3) is 3.63. The maximum Gasteiger partial charge on any atom is 0.254 e. The van der Waals surface area contributed by atoms with E-state index in [4.69, 9.17) is 5.73 Å². The van der Waals surface area contributed by atoms with Crippen molar-refractivity contribution >= 4 is 28.3 Å². The minimum atomic E-state index is -3.56. The summed E-state index contributed by atoms with van der Waals surface area (Å²) in [4.78, 5) is 15.0. The molecule has 3 aliphatic rings. The summed E-state index contributed by atoms with van der Waals surface area (Å²) in [6, 6.07) is 5.04. The summed E-state index contributed by atoms with van der Waals surface area (Å²) in [6.07, 6.45) is 3.88. The molecule has 6 nitrogen and oxygen atoms in total. The topological polar surface area (TPSA) is 92.5 Å². The number of rotatable bonds is 4. The van der Waals surface area contributed by atoms with Crippen molar-refractivity contribution in [3.63, 3.8) is 0 Å². The standard InChI is InChI=1S/C18H25N3O3S.ClH/c1-11-2-6-14(25(23,24)20-13-4-5-13)8-15(11)18(22)21-9-12-3-7-17(19)16(12)10-21;/h2,6,8,12-13,16-17,20H,3-5,7,9-10,19H2,1H3;1H. The van der Waals surface area contributed by atoms with Crippen molar-refractivity contribution in [3.8, 4) is 0 Å². The number of carbonyl (C=O) groups is 1. The van der Waals surface area contributed by atoms with E-state index in [9.17, 15) is 13.2 Å². The number of nitrogens with zero attached hydrogens (tertiary/aromatic N) is 1. The largest absolute Gasteiger partial charge is 0.338 e. The van der Waals surface area contributed by atoms with E-state index in [-0.39, 0.29) is 35.3 Å². The minimum Gasteiger partial charge on any atom is -0.338 e. The molecule has 1 aromatic carbocycles. The monoisotopic (exact) mass is 399 g/mol. The molecule has 1 amide bonds. The molecule has 2 aliphatic carbocycles. The summed E-state index contributed by atoms with van der Waals surface area (Å²) in [5, 5.41) is 0. The van der Waals surface area contributed by atoms with Crippen LogP contribution in [0.1, 0.15) is 41.6 Å². The smallest absolute Gasteiger partial charge is 0.254 e. The van der Waals surface area contributed by atoms with Gasteiger partial charge in [0.2, 0.25) is 10.0 Å². The van der Waals surface area contributed by atoms with Crippen LogP contribution in [0.25, 0.3) is 0 Å². The zero-order valence-corrected chi connectivity index (χ0v) is 16.5. The maximum atomic E-state index is 13.0. The molecule has 3 N–H and O–H groups in total. The molecule has 4 rings (SSSR count). The second-order valence-electron chi connectivity index (χ2n) is 7.75. The Balaban J connectivity index is 0.00000196. The van der Waals surface area contributed by atoms with E-state index < -0.39 is 10.0 Å². The van der Waals surface area contributed by atoms with Gasteiger partial charge in [-0.25, -0.2) is 13.1 Å². The lowest BCUT2D eigenvalue weighted by Gasteiger charge is -2.20. The number of hydrogen-bond donors (Lipinski definition) is 2. The number of hydrogen-bond acceptors (Lipinski definition) is 4. The molecule has 3 fully saturated rings. The summed E-state index contributed by atoms with van der Waals surface area (Å²) in [5.74, 6) is 0.790. The van der Waals surface area contributed by atoms with Gasteiger partial charge in [0.05, 0.1) is 4.90 Å². The van der Waals surface area contributed by atoms with Gasteiger partial charge in [-0.3, -0.25) is 4.79 Å². The van der Waals surface area contributed by atoms with Crippen LogP contribution < -0.4 is 10.5 Å². The van der Waals surface area contributed by atoms with Gasteiger partial charge in [-0.1, -0.05) is 6.07 Å². The predicted molar refractivity (Wildman–Crippen MR) is 102 cm³/mol. The lowest BCUT2D eigenvalue weighted by molar-refractivity contribution is 0.0778. The van der Waals surface area contributed by atoms with Crippen LogP contribution in [0.4, 0.5) is 0 Å². The summed E-state index contributed by atoms with van der Waals surface area (Å²) in [6.45, 7) is 3.26. The van der Waals surface area contributed by atoms with Gasteiger partial charge in [0.1, 0.15) is 0 Å². The van der Waals surface area contributed by atoms with Crippen molar-refractivity contribution in [2.24, 2.45) is 17.6 Å². The summed E-state index contributed by atoms with van der Waals surface area (Å²) < 4.78 is 27.6. The van der Waals surface area contributed by atoms with Crippen LogP contribution in [0, 0.1) is 18.8 Å². The van der Waals surface area contributed by atoms with Crippen LogP contribution >= 0.6 is 12.4 Å². The molecule has 0 aromatic heterocycles. The fourth-order valence-electron chi connectivity index (χ4n) is 4.13.